The summed E-state index contributed by atoms with van der Waals surface area (Å²) in [7, 11) is 0. The Bertz CT molecular complexity index is 970. The van der Waals surface area contributed by atoms with E-state index in [1.54, 1.807) is 55.5 Å². The number of anilines is 1. The predicted molar refractivity (Wildman–Crippen MR) is 111 cm³/mol. The maximum Gasteiger partial charge on any atom is 0.344 e. The summed E-state index contributed by atoms with van der Waals surface area (Å²) in [5, 5.41) is 2.57. The predicted octanol–water partition coefficient (Wildman–Crippen LogP) is 2.46. The lowest BCUT2D eigenvalue weighted by Gasteiger charge is -2.28. The topological polar surface area (TPSA) is 84.9 Å². The van der Waals surface area contributed by atoms with Gasteiger partial charge in [-0.1, -0.05) is 30.3 Å². The highest BCUT2D eigenvalue weighted by Gasteiger charge is 2.34. The number of amides is 2. The number of hydrogen-bond acceptors (Lipinski definition) is 6. The molecule has 0 bridgehead atoms. The molecule has 0 radical (unpaired) electrons. The first-order chi connectivity index (χ1) is 14.0. The van der Waals surface area contributed by atoms with Gasteiger partial charge in [-0.2, -0.15) is 0 Å². The quantitative estimate of drug-likeness (QED) is 0.341. The second-order valence-electron chi connectivity index (χ2n) is 5.96. The highest BCUT2D eigenvalue weighted by molar-refractivity contribution is 7.80. The van der Waals surface area contributed by atoms with Crippen LogP contribution in [0.5, 0.6) is 5.75 Å². The molecule has 2 aromatic carbocycles. The van der Waals surface area contributed by atoms with E-state index in [2.05, 4.69) is 5.32 Å². The van der Waals surface area contributed by atoms with Crippen molar-refractivity contribution in [3.63, 3.8) is 0 Å². The molecule has 0 aliphatic carbocycles. The number of ether oxygens (including phenoxy) is 2. The molecular weight excluding hydrogens is 392 g/mol. The smallest absolute Gasteiger partial charge is 0.344 e. The van der Waals surface area contributed by atoms with Crippen molar-refractivity contribution in [3.8, 4) is 5.75 Å². The lowest BCUT2D eigenvalue weighted by atomic mass is 10.1. The third-order valence-corrected chi connectivity index (χ3v) is 4.25. The van der Waals surface area contributed by atoms with Crippen LogP contribution in [-0.4, -0.2) is 36.1 Å². The molecule has 148 valence electrons. The van der Waals surface area contributed by atoms with E-state index in [-0.39, 0.29) is 23.9 Å². The first kappa shape index (κ1) is 20.2. The SMILES string of the molecule is CCOC(=O)COc1ccc(/C=C2\C(=O)NC(=S)N(c3ccccc3)C2=O)cc1. The van der Waals surface area contributed by atoms with Gasteiger partial charge in [-0.3, -0.25) is 19.8 Å². The minimum absolute atomic E-state index is 0.0334. The average molecular weight is 410 g/mol. The lowest BCUT2D eigenvalue weighted by Crippen LogP contribution is -2.54. The summed E-state index contributed by atoms with van der Waals surface area (Å²) in [5.74, 6) is -1.06. The van der Waals surface area contributed by atoms with E-state index in [0.717, 1.165) is 0 Å². The van der Waals surface area contributed by atoms with E-state index < -0.39 is 17.8 Å². The van der Waals surface area contributed by atoms with Crippen LogP contribution in [0.1, 0.15) is 12.5 Å². The molecule has 0 unspecified atom stereocenters. The van der Waals surface area contributed by atoms with Crippen LogP contribution in [0.15, 0.2) is 60.2 Å². The number of carbonyl (C=O) groups excluding carboxylic acids is 3. The molecule has 1 N–H and O–H groups in total. The Morgan fingerprint density at radius 3 is 2.45 bits per heavy atom. The average Bonchev–Trinajstić information content (AvgIpc) is 2.71. The Kier molecular flexibility index (Phi) is 6.36. The normalized spacial score (nSPS) is 15.3. The van der Waals surface area contributed by atoms with Crippen molar-refractivity contribution in [2.45, 2.75) is 6.92 Å². The molecule has 0 atom stereocenters. The van der Waals surface area contributed by atoms with Crippen LogP contribution >= 0.6 is 12.2 Å². The second kappa shape index (κ2) is 9.11. The van der Waals surface area contributed by atoms with E-state index in [1.165, 1.54) is 11.0 Å². The van der Waals surface area contributed by atoms with Gasteiger partial charge in [-0.25, -0.2) is 4.79 Å². The highest BCUT2D eigenvalue weighted by atomic mass is 32.1. The van der Waals surface area contributed by atoms with Crippen LogP contribution in [0.4, 0.5) is 5.69 Å². The molecule has 1 heterocycles. The molecular formula is C21H18N2O5S. The van der Waals surface area contributed by atoms with E-state index in [4.69, 9.17) is 21.7 Å². The van der Waals surface area contributed by atoms with Gasteiger partial charge >= 0.3 is 5.97 Å². The van der Waals surface area contributed by atoms with Crippen molar-refractivity contribution in [1.29, 1.82) is 0 Å². The van der Waals surface area contributed by atoms with Gasteiger partial charge in [0.25, 0.3) is 11.8 Å². The zero-order valence-electron chi connectivity index (χ0n) is 15.6. The first-order valence-electron chi connectivity index (χ1n) is 8.84. The maximum atomic E-state index is 12.9. The Hall–Kier alpha value is -3.52. The third-order valence-electron chi connectivity index (χ3n) is 3.97. The zero-order chi connectivity index (χ0) is 20.8. The molecule has 0 aromatic heterocycles. The van der Waals surface area contributed by atoms with Crippen LogP contribution in [0, 0.1) is 0 Å². The van der Waals surface area contributed by atoms with E-state index >= 15 is 0 Å². The van der Waals surface area contributed by atoms with Crippen LogP contribution in [-0.2, 0) is 19.1 Å². The van der Waals surface area contributed by atoms with Crippen LogP contribution in [0.3, 0.4) is 0 Å². The molecule has 2 amide bonds. The summed E-state index contributed by atoms with van der Waals surface area (Å²) in [5.41, 5.74) is 1.14. The van der Waals surface area contributed by atoms with Gasteiger partial charge in [-0.15, -0.1) is 0 Å². The summed E-state index contributed by atoms with van der Waals surface area (Å²) in [6.45, 7) is 1.81. The molecule has 0 saturated carbocycles. The van der Waals surface area contributed by atoms with Crippen LogP contribution < -0.4 is 15.0 Å². The third kappa shape index (κ3) is 4.85. The van der Waals surface area contributed by atoms with Crippen molar-refractivity contribution in [2.75, 3.05) is 18.1 Å². The maximum absolute atomic E-state index is 12.9. The summed E-state index contributed by atoms with van der Waals surface area (Å²) < 4.78 is 10.1. The van der Waals surface area contributed by atoms with Gasteiger partial charge in [0.05, 0.1) is 12.3 Å². The van der Waals surface area contributed by atoms with Gasteiger partial charge in [0.1, 0.15) is 11.3 Å². The first-order valence-corrected chi connectivity index (χ1v) is 9.25. The van der Waals surface area contributed by atoms with Gasteiger partial charge in [0.15, 0.2) is 11.7 Å². The molecule has 7 nitrogen and oxygen atoms in total. The van der Waals surface area contributed by atoms with Crippen molar-refractivity contribution < 1.29 is 23.9 Å². The summed E-state index contributed by atoms with van der Waals surface area (Å²) >= 11 is 5.16. The summed E-state index contributed by atoms with van der Waals surface area (Å²) in [6, 6.07) is 15.5. The Morgan fingerprint density at radius 2 is 1.79 bits per heavy atom. The largest absolute Gasteiger partial charge is 0.482 e. The van der Waals surface area contributed by atoms with Crippen molar-refractivity contribution in [1.82, 2.24) is 5.32 Å². The van der Waals surface area contributed by atoms with Gasteiger partial charge in [0, 0.05) is 0 Å². The van der Waals surface area contributed by atoms with Gasteiger partial charge in [-0.05, 0) is 55.0 Å². The van der Waals surface area contributed by atoms with Crippen LogP contribution in [0.25, 0.3) is 6.08 Å². The number of esters is 1. The van der Waals surface area contributed by atoms with Crippen molar-refractivity contribution in [2.24, 2.45) is 0 Å². The van der Waals surface area contributed by atoms with Crippen molar-refractivity contribution >= 4 is 46.9 Å². The number of thiocarbonyl (C=S) groups is 1. The second-order valence-corrected chi connectivity index (χ2v) is 6.34. The number of carbonyl (C=O) groups is 3. The van der Waals surface area contributed by atoms with Gasteiger partial charge < -0.3 is 9.47 Å². The van der Waals surface area contributed by atoms with E-state index in [0.29, 0.717) is 17.0 Å². The fourth-order valence-electron chi connectivity index (χ4n) is 2.64. The molecule has 8 heteroatoms. The van der Waals surface area contributed by atoms with E-state index in [1.807, 2.05) is 6.07 Å². The Morgan fingerprint density at radius 1 is 1.10 bits per heavy atom. The minimum Gasteiger partial charge on any atom is -0.482 e. The number of para-hydroxylation sites is 1. The number of nitrogens with zero attached hydrogens (tertiary/aromatic N) is 1. The Labute approximate surface area is 172 Å². The lowest BCUT2D eigenvalue weighted by molar-refractivity contribution is -0.145. The standard InChI is InChI=1S/C21H18N2O5S/c1-2-27-18(24)13-28-16-10-8-14(9-11-16)12-17-19(25)22-21(29)23(20(17)26)15-6-4-3-5-7-15/h3-12H,2,13H2,1H3,(H,22,25,29)/b17-12+. The molecule has 3 rings (SSSR count). The number of rotatable bonds is 6. The molecule has 2 aromatic rings. The highest BCUT2D eigenvalue weighted by Crippen LogP contribution is 2.22. The minimum atomic E-state index is -0.560. The molecule has 1 fully saturated rings. The molecule has 1 aliphatic heterocycles. The summed E-state index contributed by atoms with van der Waals surface area (Å²) in [6.07, 6.45) is 1.48. The Balaban J connectivity index is 1.78. The molecule has 29 heavy (non-hydrogen) atoms. The molecule has 1 aliphatic rings. The zero-order valence-corrected chi connectivity index (χ0v) is 16.4. The number of hydrogen-bond donors (Lipinski definition) is 1. The van der Waals surface area contributed by atoms with Crippen molar-refractivity contribution in [3.05, 3.63) is 65.7 Å². The fourth-order valence-corrected chi connectivity index (χ4v) is 2.92. The number of nitrogens with one attached hydrogen (secondary N) is 1. The number of benzene rings is 2. The van der Waals surface area contributed by atoms with Gasteiger partial charge in [0.2, 0.25) is 0 Å². The summed E-state index contributed by atoms with van der Waals surface area (Å²) in [4.78, 5) is 37.8. The fraction of sp³-hybridized carbons (Fsp3) is 0.143. The van der Waals surface area contributed by atoms with E-state index in [9.17, 15) is 14.4 Å². The molecule has 1 saturated heterocycles. The monoisotopic (exact) mass is 410 g/mol. The molecule has 0 spiro atoms. The van der Waals surface area contributed by atoms with Crippen LogP contribution in [0.2, 0.25) is 0 Å².